The molecule has 3 nitrogen and oxygen atoms in total. The van der Waals surface area contributed by atoms with Crippen LogP contribution in [0.2, 0.25) is 0 Å². The minimum absolute atomic E-state index is 0.101. The van der Waals surface area contributed by atoms with Crippen LogP contribution in [-0.4, -0.2) is 30.4 Å². The van der Waals surface area contributed by atoms with Gasteiger partial charge < -0.3 is 5.32 Å². The quantitative estimate of drug-likeness (QED) is 0.828. The van der Waals surface area contributed by atoms with Crippen molar-refractivity contribution in [2.24, 2.45) is 0 Å². The predicted molar refractivity (Wildman–Crippen MR) is 93.2 cm³/mol. The zero-order chi connectivity index (χ0) is 16.8. The molecule has 2 aromatic rings. The summed E-state index contributed by atoms with van der Waals surface area (Å²) in [5.74, 6) is -0.441. The van der Waals surface area contributed by atoms with Crippen molar-refractivity contribution < 1.29 is 9.18 Å². The zero-order valence-corrected chi connectivity index (χ0v) is 13.8. The Kier molecular flexibility index (Phi) is 5.59. The van der Waals surface area contributed by atoms with E-state index < -0.39 is 0 Å². The Morgan fingerprint density at radius 1 is 1.08 bits per heavy atom. The number of carbonyl (C=O) groups is 1. The van der Waals surface area contributed by atoms with Gasteiger partial charge >= 0.3 is 0 Å². The maximum Gasteiger partial charge on any atom is 0.224 e. The first-order chi connectivity index (χ1) is 11.7. The van der Waals surface area contributed by atoms with E-state index in [1.165, 1.54) is 17.2 Å². The SMILES string of the molecule is O=C(Cc1ccccc1F)NCCCN1CCc2ccccc2C1. The first-order valence-electron chi connectivity index (χ1n) is 8.51. The fourth-order valence-electron chi connectivity index (χ4n) is 3.15. The molecule has 0 aliphatic carbocycles. The van der Waals surface area contributed by atoms with Gasteiger partial charge in [-0.05, 0) is 35.6 Å². The highest BCUT2D eigenvalue weighted by molar-refractivity contribution is 5.78. The number of nitrogens with zero attached hydrogens (tertiary/aromatic N) is 1. The molecule has 0 fully saturated rings. The molecule has 2 aromatic carbocycles. The van der Waals surface area contributed by atoms with E-state index in [-0.39, 0.29) is 18.1 Å². The van der Waals surface area contributed by atoms with Crippen molar-refractivity contribution in [3.05, 3.63) is 71.0 Å². The van der Waals surface area contributed by atoms with E-state index in [4.69, 9.17) is 0 Å². The van der Waals surface area contributed by atoms with Crippen molar-refractivity contribution in [3.8, 4) is 0 Å². The number of hydrogen-bond donors (Lipinski definition) is 1. The predicted octanol–water partition coefficient (Wildman–Crippen LogP) is 2.93. The fraction of sp³-hybridized carbons (Fsp3) is 0.350. The van der Waals surface area contributed by atoms with Crippen molar-refractivity contribution in [3.63, 3.8) is 0 Å². The van der Waals surface area contributed by atoms with Gasteiger partial charge in [0.25, 0.3) is 0 Å². The van der Waals surface area contributed by atoms with Crippen LogP contribution in [0.15, 0.2) is 48.5 Å². The molecule has 1 N–H and O–H groups in total. The second kappa shape index (κ2) is 8.06. The lowest BCUT2D eigenvalue weighted by Gasteiger charge is -2.28. The lowest BCUT2D eigenvalue weighted by Crippen LogP contribution is -2.34. The summed E-state index contributed by atoms with van der Waals surface area (Å²) in [4.78, 5) is 14.3. The lowest BCUT2D eigenvalue weighted by atomic mass is 10.00. The Morgan fingerprint density at radius 3 is 2.67 bits per heavy atom. The normalized spacial score (nSPS) is 14.2. The summed E-state index contributed by atoms with van der Waals surface area (Å²) < 4.78 is 13.5. The molecule has 0 atom stereocenters. The molecular weight excluding hydrogens is 303 g/mol. The average molecular weight is 326 g/mol. The number of fused-ring (bicyclic) bond motifs is 1. The molecule has 1 aliphatic rings. The van der Waals surface area contributed by atoms with Gasteiger partial charge in [0.2, 0.25) is 5.91 Å². The highest BCUT2D eigenvalue weighted by Crippen LogP contribution is 2.18. The maximum atomic E-state index is 13.5. The largest absolute Gasteiger partial charge is 0.356 e. The molecule has 24 heavy (non-hydrogen) atoms. The van der Waals surface area contributed by atoms with E-state index >= 15 is 0 Å². The molecule has 0 unspecified atom stereocenters. The Labute approximate surface area is 142 Å². The number of hydrogen-bond acceptors (Lipinski definition) is 2. The molecule has 0 radical (unpaired) electrons. The molecule has 0 spiro atoms. The van der Waals surface area contributed by atoms with Gasteiger partial charge in [-0.2, -0.15) is 0 Å². The van der Waals surface area contributed by atoms with Crippen LogP contribution in [0.25, 0.3) is 0 Å². The van der Waals surface area contributed by atoms with Crippen LogP contribution in [-0.2, 0) is 24.2 Å². The number of halogens is 1. The summed E-state index contributed by atoms with van der Waals surface area (Å²) in [5.41, 5.74) is 3.31. The summed E-state index contributed by atoms with van der Waals surface area (Å²) in [6.07, 6.45) is 2.10. The van der Waals surface area contributed by atoms with Gasteiger partial charge in [0.05, 0.1) is 6.42 Å². The van der Waals surface area contributed by atoms with Crippen molar-refractivity contribution in [1.82, 2.24) is 10.2 Å². The monoisotopic (exact) mass is 326 g/mol. The van der Waals surface area contributed by atoms with E-state index in [9.17, 15) is 9.18 Å². The molecule has 0 aromatic heterocycles. The fourth-order valence-corrected chi connectivity index (χ4v) is 3.15. The van der Waals surface area contributed by atoms with Gasteiger partial charge in [0.15, 0.2) is 0 Å². The lowest BCUT2D eigenvalue weighted by molar-refractivity contribution is -0.120. The average Bonchev–Trinajstić information content (AvgIpc) is 2.60. The molecule has 1 heterocycles. The molecule has 1 aliphatic heterocycles. The van der Waals surface area contributed by atoms with Gasteiger partial charge in [0.1, 0.15) is 5.82 Å². The van der Waals surface area contributed by atoms with Gasteiger partial charge in [-0.1, -0.05) is 42.5 Å². The van der Waals surface area contributed by atoms with E-state index in [1.807, 2.05) is 0 Å². The molecule has 4 heteroatoms. The Bertz CT molecular complexity index is 702. The third kappa shape index (κ3) is 4.42. The summed E-state index contributed by atoms with van der Waals surface area (Å²) in [6, 6.07) is 15.0. The van der Waals surface area contributed by atoms with Crippen molar-refractivity contribution >= 4 is 5.91 Å². The second-order valence-corrected chi connectivity index (χ2v) is 6.27. The molecule has 1 amide bonds. The van der Waals surface area contributed by atoms with Crippen molar-refractivity contribution in [1.29, 1.82) is 0 Å². The molecule has 0 saturated heterocycles. The van der Waals surface area contributed by atoms with Crippen molar-refractivity contribution in [2.75, 3.05) is 19.6 Å². The van der Waals surface area contributed by atoms with Crippen LogP contribution in [0, 0.1) is 5.82 Å². The van der Waals surface area contributed by atoms with E-state index in [0.29, 0.717) is 12.1 Å². The minimum Gasteiger partial charge on any atom is -0.356 e. The van der Waals surface area contributed by atoms with Crippen molar-refractivity contribution in [2.45, 2.75) is 25.8 Å². The zero-order valence-electron chi connectivity index (χ0n) is 13.8. The highest BCUT2D eigenvalue weighted by atomic mass is 19.1. The summed E-state index contributed by atoms with van der Waals surface area (Å²) in [7, 11) is 0. The van der Waals surface area contributed by atoms with Gasteiger partial charge in [-0.25, -0.2) is 4.39 Å². The van der Waals surface area contributed by atoms with Gasteiger partial charge in [0, 0.05) is 26.2 Å². The smallest absolute Gasteiger partial charge is 0.224 e. The van der Waals surface area contributed by atoms with Crippen LogP contribution in [0.3, 0.4) is 0 Å². The number of amides is 1. The van der Waals surface area contributed by atoms with E-state index in [0.717, 1.165) is 32.5 Å². The maximum absolute atomic E-state index is 13.5. The molecule has 0 bridgehead atoms. The standard InChI is InChI=1S/C20H23FN2O/c21-19-9-4-3-7-17(19)14-20(24)22-11-5-12-23-13-10-16-6-1-2-8-18(16)15-23/h1-4,6-9H,5,10-15H2,(H,22,24). The summed E-state index contributed by atoms with van der Waals surface area (Å²) in [6.45, 7) is 3.65. The highest BCUT2D eigenvalue weighted by Gasteiger charge is 2.15. The summed E-state index contributed by atoms with van der Waals surface area (Å²) >= 11 is 0. The Morgan fingerprint density at radius 2 is 1.83 bits per heavy atom. The number of rotatable bonds is 6. The molecule has 3 rings (SSSR count). The van der Waals surface area contributed by atoms with Gasteiger partial charge in [-0.15, -0.1) is 0 Å². The molecular formula is C20H23FN2O. The van der Waals surface area contributed by atoms with Crippen LogP contribution in [0.4, 0.5) is 4.39 Å². The number of carbonyl (C=O) groups excluding carboxylic acids is 1. The Hall–Kier alpha value is -2.20. The van der Waals surface area contributed by atoms with Crippen LogP contribution < -0.4 is 5.32 Å². The topological polar surface area (TPSA) is 32.3 Å². The van der Waals surface area contributed by atoms with Crippen LogP contribution in [0.5, 0.6) is 0 Å². The second-order valence-electron chi connectivity index (χ2n) is 6.27. The summed E-state index contributed by atoms with van der Waals surface area (Å²) in [5, 5.41) is 2.88. The first kappa shape index (κ1) is 16.7. The minimum atomic E-state index is -0.320. The van der Waals surface area contributed by atoms with E-state index in [1.54, 1.807) is 18.2 Å². The Balaban J connectivity index is 1.37. The van der Waals surface area contributed by atoms with E-state index in [2.05, 4.69) is 34.5 Å². The number of nitrogens with one attached hydrogen (secondary N) is 1. The first-order valence-corrected chi connectivity index (χ1v) is 8.51. The van der Waals surface area contributed by atoms with Gasteiger partial charge in [-0.3, -0.25) is 9.69 Å². The molecule has 126 valence electrons. The third-order valence-electron chi connectivity index (χ3n) is 4.49. The molecule has 0 saturated carbocycles. The van der Waals surface area contributed by atoms with Crippen LogP contribution >= 0.6 is 0 Å². The van der Waals surface area contributed by atoms with Crippen LogP contribution in [0.1, 0.15) is 23.1 Å². The third-order valence-corrected chi connectivity index (χ3v) is 4.49. The number of benzene rings is 2.